The molecule has 2 heterocycles. The first-order valence-corrected chi connectivity index (χ1v) is 8.10. The van der Waals surface area contributed by atoms with E-state index in [9.17, 15) is 4.79 Å². The number of benzene rings is 1. The van der Waals surface area contributed by atoms with Gasteiger partial charge in [0.05, 0.1) is 11.4 Å². The molecule has 0 fully saturated rings. The van der Waals surface area contributed by atoms with Gasteiger partial charge in [-0.15, -0.1) is 11.3 Å². The highest BCUT2D eigenvalue weighted by molar-refractivity contribution is 7.09. The van der Waals surface area contributed by atoms with Crippen LogP contribution in [-0.4, -0.2) is 15.7 Å². The van der Waals surface area contributed by atoms with Gasteiger partial charge in [-0.3, -0.25) is 4.79 Å². The van der Waals surface area contributed by atoms with Crippen molar-refractivity contribution in [2.45, 2.75) is 12.8 Å². The molecule has 0 saturated heterocycles. The lowest BCUT2D eigenvalue weighted by molar-refractivity contribution is -0.116. The molecule has 4 nitrogen and oxygen atoms in total. The second-order valence-electron chi connectivity index (χ2n) is 4.74. The number of nitrogens with zero attached hydrogens (tertiary/aromatic N) is 2. The second kappa shape index (κ2) is 6.77. The maximum Gasteiger partial charge on any atom is 0.224 e. The van der Waals surface area contributed by atoms with Crippen LogP contribution in [0.15, 0.2) is 54.2 Å². The SMILES string of the molecule is O=C(CCc1cccs1)Nc1ccc(Cl)cc1-n1cccn1. The van der Waals surface area contributed by atoms with Gasteiger partial charge in [0, 0.05) is 28.7 Å². The number of halogens is 1. The Balaban J connectivity index is 1.73. The summed E-state index contributed by atoms with van der Waals surface area (Å²) in [5.74, 6) is -0.0240. The predicted octanol–water partition coefficient (Wildman–Crippen LogP) is 4.16. The molecule has 0 spiro atoms. The number of thiophene rings is 1. The Morgan fingerprint density at radius 3 is 2.95 bits per heavy atom. The number of hydrogen-bond donors (Lipinski definition) is 1. The van der Waals surface area contributed by atoms with Crippen molar-refractivity contribution in [3.05, 3.63) is 64.1 Å². The molecule has 0 aliphatic heterocycles. The van der Waals surface area contributed by atoms with Gasteiger partial charge < -0.3 is 5.32 Å². The van der Waals surface area contributed by atoms with Gasteiger partial charge in [-0.2, -0.15) is 5.10 Å². The molecule has 1 aromatic carbocycles. The fourth-order valence-electron chi connectivity index (χ4n) is 2.12. The summed E-state index contributed by atoms with van der Waals surface area (Å²) < 4.78 is 1.68. The third-order valence-electron chi connectivity index (χ3n) is 3.16. The zero-order valence-corrected chi connectivity index (χ0v) is 13.3. The summed E-state index contributed by atoms with van der Waals surface area (Å²) in [5.41, 5.74) is 1.45. The van der Waals surface area contributed by atoms with E-state index in [2.05, 4.69) is 10.4 Å². The van der Waals surface area contributed by atoms with Gasteiger partial charge in [-0.05, 0) is 42.1 Å². The number of amides is 1. The van der Waals surface area contributed by atoms with E-state index >= 15 is 0 Å². The van der Waals surface area contributed by atoms with Gasteiger partial charge in [-0.1, -0.05) is 17.7 Å². The molecular formula is C16H14ClN3OS. The minimum absolute atomic E-state index is 0.0240. The third-order valence-corrected chi connectivity index (χ3v) is 4.33. The zero-order valence-electron chi connectivity index (χ0n) is 11.7. The molecule has 0 atom stereocenters. The van der Waals surface area contributed by atoms with E-state index in [4.69, 9.17) is 11.6 Å². The molecule has 112 valence electrons. The van der Waals surface area contributed by atoms with E-state index in [0.717, 1.165) is 12.1 Å². The predicted molar refractivity (Wildman–Crippen MR) is 89.8 cm³/mol. The lowest BCUT2D eigenvalue weighted by atomic mass is 10.2. The minimum Gasteiger partial charge on any atom is -0.324 e. The van der Waals surface area contributed by atoms with Gasteiger partial charge >= 0.3 is 0 Å². The fourth-order valence-corrected chi connectivity index (χ4v) is 2.99. The molecule has 22 heavy (non-hydrogen) atoms. The van der Waals surface area contributed by atoms with Crippen LogP contribution in [-0.2, 0) is 11.2 Å². The number of anilines is 1. The average molecular weight is 332 g/mol. The topological polar surface area (TPSA) is 46.9 Å². The summed E-state index contributed by atoms with van der Waals surface area (Å²) in [6.45, 7) is 0. The molecule has 0 aliphatic carbocycles. The first kappa shape index (κ1) is 14.8. The van der Waals surface area contributed by atoms with Crippen molar-refractivity contribution in [3.8, 4) is 5.69 Å². The van der Waals surface area contributed by atoms with Gasteiger partial charge in [-0.25, -0.2) is 4.68 Å². The summed E-state index contributed by atoms with van der Waals surface area (Å²) in [6.07, 6.45) is 4.69. The van der Waals surface area contributed by atoms with Crippen LogP contribution in [0.4, 0.5) is 5.69 Å². The summed E-state index contributed by atoms with van der Waals surface area (Å²) in [5, 5.41) is 9.74. The Morgan fingerprint density at radius 2 is 2.23 bits per heavy atom. The van der Waals surface area contributed by atoms with Gasteiger partial charge in [0.15, 0.2) is 0 Å². The standard InChI is InChI=1S/C16H14ClN3OS/c17-12-4-6-14(15(11-12)20-9-2-8-18-20)19-16(21)7-5-13-3-1-10-22-13/h1-4,6,8-11H,5,7H2,(H,19,21). The van der Waals surface area contributed by atoms with Crippen LogP contribution in [0.25, 0.3) is 5.69 Å². The average Bonchev–Trinajstić information content (AvgIpc) is 3.20. The molecule has 0 bridgehead atoms. The minimum atomic E-state index is -0.0240. The number of carbonyl (C=O) groups excluding carboxylic acids is 1. The van der Waals surface area contributed by atoms with Crippen LogP contribution in [0.3, 0.4) is 0 Å². The van der Waals surface area contributed by atoms with Crippen LogP contribution >= 0.6 is 22.9 Å². The molecule has 3 aromatic rings. The highest BCUT2D eigenvalue weighted by atomic mass is 35.5. The number of aromatic nitrogens is 2. The van der Waals surface area contributed by atoms with Gasteiger partial charge in [0.25, 0.3) is 0 Å². The van der Waals surface area contributed by atoms with Crippen molar-refractivity contribution >= 4 is 34.5 Å². The lowest BCUT2D eigenvalue weighted by Gasteiger charge is -2.11. The van der Waals surface area contributed by atoms with Crippen molar-refractivity contribution < 1.29 is 4.79 Å². The number of hydrogen-bond acceptors (Lipinski definition) is 3. The number of rotatable bonds is 5. The normalized spacial score (nSPS) is 10.6. The number of aryl methyl sites for hydroxylation is 1. The van der Waals surface area contributed by atoms with Crippen LogP contribution in [0, 0.1) is 0 Å². The van der Waals surface area contributed by atoms with E-state index in [-0.39, 0.29) is 5.91 Å². The van der Waals surface area contributed by atoms with Crippen LogP contribution in [0.1, 0.15) is 11.3 Å². The Kier molecular flexibility index (Phi) is 4.56. The summed E-state index contributed by atoms with van der Waals surface area (Å²) in [4.78, 5) is 13.4. The molecule has 0 radical (unpaired) electrons. The van der Waals surface area contributed by atoms with Crippen molar-refractivity contribution in [1.29, 1.82) is 0 Å². The van der Waals surface area contributed by atoms with E-state index in [0.29, 0.717) is 17.1 Å². The van der Waals surface area contributed by atoms with E-state index in [1.807, 2.05) is 29.8 Å². The third kappa shape index (κ3) is 3.55. The van der Waals surface area contributed by atoms with Crippen molar-refractivity contribution in [1.82, 2.24) is 9.78 Å². The molecule has 0 unspecified atom stereocenters. The number of nitrogens with one attached hydrogen (secondary N) is 1. The molecule has 3 rings (SSSR count). The zero-order chi connectivity index (χ0) is 15.4. The monoisotopic (exact) mass is 331 g/mol. The molecule has 1 amide bonds. The smallest absolute Gasteiger partial charge is 0.224 e. The van der Waals surface area contributed by atoms with Crippen molar-refractivity contribution in [2.24, 2.45) is 0 Å². The molecule has 6 heteroatoms. The molecule has 2 aromatic heterocycles. The highest BCUT2D eigenvalue weighted by Gasteiger charge is 2.10. The number of carbonyl (C=O) groups is 1. The van der Waals surface area contributed by atoms with Gasteiger partial charge in [0.2, 0.25) is 5.91 Å². The first-order chi connectivity index (χ1) is 10.7. The Hall–Kier alpha value is -2.11. The Bertz CT molecular complexity index is 754. The molecule has 1 N–H and O–H groups in total. The maximum absolute atomic E-state index is 12.1. The van der Waals surface area contributed by atoms with Crippen LogP contribution in [0.5, 0.6) is 0 Å². The van der Waals surface area contributed by atoms with E-state index in [1.54, 1.807) is 40.4 Å². The molecule has 0 aliphatic rings. The maximum atomic E-state index is 12.1. The van der Waals surface area contributed by atoms with Crippen LogP contribution < -0.4 is 5.32 Å². The van der Waals surface area contributed by atoms with E-state index in [1.165, 1.54) is 4.88 Å². The molecule has 0 saturated carbocycles. The van der Waals surface area contributed by atoms with Crippen molar-refractivity contribution in [2.75, 3.05) is 5.32 Å². The van der Waals surface area contributed by atoms with Crippen molar-refractivity contribution in [3.63, 3.8) is 0 Å². The largest absolute Gasteiger partial charge is 0.324 e. The summed E-state index contributed by atoms with van der Waals surface area (Å²) in [7, 11) is 0. The summed E-state index contributed by atoms with van der Waals surface area (Å²) in [6, 6.07) is 11.2. The fraction of sp³-hybridized carbons (Fsp3) is 0.125. The Labute approximate surface area is 137 Å². The highest BCUT2D eigenvalue weighted by Crippen LogP contribution is 2.24. The van der Waals surface area contributed by atoms with Crippen LogP contribution in [0.2, 0.25) is 5.02 Å². The summed E-state index contributed by atoms with van der Waals surface area (Å²) >= 11 is 7.71. The molecular weight excluding hydrogens is 318 g/mol. The van der Waals surface area contributed by atoms with Gasteiger partial charge in [0.1, 0.15) is 0 Å². The first-order valence-electron chi connectivity index (χ1n) is 6.84. The Morgan fingerprint density at radius 1 is 1.32 bits per heavy atom. The lowest BCUT2D eigenvalue weighted by Crippen LogP contribution is -2.14. The second-order valence-corrected chi connectivity index (χ2v) is 6.21. The van der Waals surface area contributed by atoms with E-state index < -0.39 is 0 Å². The quantitative estimate of drug-likeness (QED) is 0.763.